The van der Waals surface area contributed by atoms with Crippen molar-refractivity contribution in [2.45, 2.75) is 4.90 Å². The monoisotopic (exact) mass is 295 g/mol. The van der Waals surface area contributed by atoms with E-state index in [2.05, 4.69) is 4.98 Å². The first kappa shape index (κ1) is 15.1. The summed E-state index contributed by atoms with van der Waals surface area (Å²) in [4.78, 5) is 3.53. The van der Waals surface area contributed by atoms with Crippen LogP contribution in [0.3, 0.4) is 0 Å². The maximum atomic E-state index is 12.1. The van der Waals surface area contributed by atoms with E-state index < -0.39 is 10.0 Å². The Balaban J connectivity index is 3.13. The third kappa shape index (κ3) is 3.30. The van der Waals surface area contributed by atoms with Gasteiger partial charge in [0.05, 0.1) is 18.2 Å². The smallest absolute Gasteiger partial charge is 0.244 e. The number of sulfonamides is 1. The molecule has 0 atom stereocenters. The van der Waals surface area contributed by atoms with Gasteiger partial charge in [0, 0.05) is 19.3 Å². The van der Waals surface area contributed by atoms with Crippen LogP contribution in [0.5, 0.6) is 0 Å². The van der Waals surface area contributed by atoms with Crippen molar-refractivity contribution in [1.82, 2.24) is 9.29 Å². The van der Waals surface area contributed by atoms with Gasteiger partial charge < -0.3 is 15.9 Å². The molecular weight excluding hydrogens is 282 g/mol. The molecule has 0 saturated heterocycles. The fourth-order valence-electron chi connectivity index (χ4n) is 1.30. The Morgan fingerprint density at radius 2 is 1.89 bits per heavy atom. The highest BCUT2D eigenvalue weighted by Gasteiger charge is 2.24. The van der Waals surface area contributed by atoms with E-state index in [1.165, 1.54) is 6.07 Å². The van der Waals surface area contributed by atoms with Gasteiger partial charge in [-0.15, -0.1) is 0 Å². The number of rotatable bonds is 6. The van der Waals surface area contributed by atoms with Crippen LogP contribution in [-0.2, 0) is 10.0 Å². The van der Waals surface area contributed by atoms with Gasteiger partial charge in [0.15, 0.2) is 0 Å². The number of anilines is 1. The summed E-state index contributed by atoms with van der Waals surface area (Å²) in [6, 6.07) is 1.18. The molecule has 102 valence electrons. The first-order valence-corrected chi connectivity index (χ1v) is 6.88. The van der Waals surface area contributed by atoms with Crippen molar-refractivity contribution in [2.75, 3.05) is 32.0 Å². The van der Waals surface area contributed by atoms with E-state index in [1.807, 2.05) is 0 Å². The SMILES string of the molecule is Nc1ncc(S(=O)(=O)N(CCO)CCO)cc1Cl. The van der Waals surface area contributed by atoms with Crippen molar-refractivity contribution >= 4 is 27.4 Å². The van der Waals surface area contributed by atoms with Gasteiger partial charge in [0.1, 0.15) is 10.7 Å². The zero-order chi connectivity index (χ0) is 13.8. The average Bonchev–Trinajstić information content (AvgIpc) is 2.32. The van der Waals surface area contributed by atoms with Crippen LogP contribution in [0.15, 0.2) is 17.2 Å². The summed E-state index contributed by atoms with van der Waals surface area (Å²) in [5.41, 5.74) is 5.39. The van der Waals surface area contributed by atoms with E-state index in [9.17, 15) is 8.42 Å². The molecule has 0 spiro atoms. The van der Waals surface area contributed by atoms with E-state index in [0.717, 1.165) is 10.5 Å². The molecule has 0 aromatic carbocycles. The molecule has 18 heavy (non-hydrogen) atoms. The number of aromatic nitrogens is 1. The van der Waals surface area contributed by atoms with E-state index in [0.29, 0.717) is 0 Å². The molecule has 1 heterocycles. The van der Waals surface area contributed by atoms with Gasteiger partial charge >= 0.3 is 0 Å². The van der Waals surface area contributed by atoms with Gasteiger partial charge in [-0.25, -0.2) is 13.4 Å². The van der Waals surface area contributed by atoms with Crippen LogP contribution >= 0.6 is 11.6 Å². The first-order chi connectivity index (χ1) is 8.43. The lowest BCUT2D eigenvalue weighted by atomic mass is 10.5. The number of nitrogens with two attached hydrogens (primary N) is 1. The highest BCUT2D eigenvalue weighted by Crippen LogP contribution is 2.22. The van der Waals surface area contributed by atoms with Crippen LogP contribution in [0, 0.1) is 0 Å². The largest absolute Gasteiger partial charge is 0.395 e. The fraction of sp³-hybridized carbons (Fsp3) is 0.444. The number of aliphatic hydroxyl groups excluding tert-OH is 2. The molecular formula is C9H14ClN3O4S. The van der Waals surface area contributed by atoms with Gasteiger partial charge in [0.2, 0.25) is 10.0 Å². The van der Waals surface area contributed by atoms with Crippen molar-refractivity contribution in [3.63, 3.8) is 0 Å². The van der Waals surface area contributed by atoms with Gasteiger partial charge in [-0.05, 0) is 6.07 Å². The lowest BCUT2D eigenvalue weighted by molar-refractivity contribution is 0.217. The normalized spacial score (nSPS) is 12.0. The van der Waals surface area contributed by atoms with Crippen LogP contribution in [0.4, 0.5) is 5.82 Å². The Labute approximate surface area is 110 Å². The Morgan fingerprint density at radius 1 is 1.33 bits per heavy atom. The van der Waals surface area contributed by atoms with Crippen LogP contribution < -0.4 is 5.73 Å². The van der Waals surface area contributed by atoms with Crippen molar-refractivity contribution in [3.05, 3.63) is 17.3 Å². The highest BCUT2D eigenvalue weighted by molar-refractivity contribution is 7.89. The molecule has 1 aromatic rings. The first-order valence-electron chi connectivity index (χ1n) is 5.06. The minimum atomic E-state index is -3.85. The molecule has 9 heteroatoms. The average molecular weight is 296 g/mol. The number of hydrogen-bond acceptors (Lipinski definition) is 6. The van der Waals surface area contributed by atoms with Gasteiger partial charge in [-0.3, -0.25) is 0 Å². The summed E-state index contributed by atoms with van der Waals surface area (Å²) < 4.78 is 25.2. The van der Waals surface area contributed by atoms with Gasteiger partial charge in [-0.1, -0.05) is 11.6 Å². The fourth-order valence-corrected chi connectivity index (χ4v) is 2.92. The third-order valence-electron chi connectivity index (χ3n) is 2.18. The molecule has 0 aliphatic carbocycles. The van der Waals surface area contributed by atoms with E-state index >= 15 is 0 Å². The molecule has 0 unspecified atom stereocenters. The van der Waals surface area contributed by atoms with E-state index in [1.54, 1.807) is 0 Å². The van der Waals surface area contributed by atoms with E-state index in [-0.39, 0.29) is 42.0 Å². The molecule has 0 aliphatic heterocycles. The Bertz CT molecular complexity index is 503. The molecule has 4 N–H and O–H groups in total. The second-order valence-electron chi connectivity index (χ2n) is 3.39. The lowest BCUT2D eigenvalue weighted by Gasteiger charge is -2.20. The second-order valence-corrected chi connectivity index (χ2v) is 5.73. The number of nitrogens with zero attached hydrogens (tertiary/aromatic N) is 2. The topological polar surface area (TPSA) is 117 Å². The summed E-state index contributed by atoms with van der Waals surface area (Å²) in [5, 5.41) is 17.7. The van der Waals surface area contributed by atoms with Crippen molar-refractivity contribution in [1.29, 1.82) is 0 Å². The summed E-state index contributed by atoms with van der Waals surface area (Å²) >= 11 is 5.71. The molecule has 0 aliphatic rings. The number of halogens is 1. The quantitative estimate of drug-likeness (QED) is 0.638. The second kappa shape index (κ2) is 6.30. The molecule has 1 aromatic heterocycles. The number of hydrogen-bond donors (Lipinski definition) is 3. The number of pyridine rings is 1. The van der Waals surface area contributed by atoms with Gasteiger partial charge in [0.25, 0.3) is 0 Å². The van der Waals surface area contributed by atoms with Gasteiger partial charge in [-0.2, -0.15) is 4.31 Å². The maximum Gasteiger partial charge on any atom is 0.244 e. The minimum absolute atomic E-state index is 0.0315. The highest BCUT2D eigenvalue weighted by atomic mass is 35.5. The lowest BCUT2D eigenvalue weighted by Crippen LogP contribution is -2.35. The van der Waals surface area contributed by atoms with Crippen LogP contribution in [0.2, 0.25) is 5.02 Å². The van der Waals surface area contributed by atoms with Crippen LogP contribution in [0.25, 0.3) is 0 Å². The minimum Gasteiger partial charge on any atom is -0.395 e. The summed E-state index contributed by atoms with van der Waals surface area (Å²) in [5.74, 6) is 0.0338. The number of nitrogen functional groups attached to an aromatic ring is 1. The zero-order valence-corrected chi connectivity index (χ0v) is 11.0. The molecule has 1 rings (SSSR count). The predicted molar refractivity (Wildman–Crippen MR) is 66.6 cm³/mol. The number of aliphatic hydroxyl groups is 2. The molecule has 0 amide bonds. The standard InChI is InChI=1S/C9H14ClN3O4S/c10-8-5-7(6-12-9(8)11)18(16,17)13(1-3-14)2-4-15/h5-6,14-15H,1-4H2,(H2,11,12). The van der Waals surface area contributed by atoms with Crippen molar-refractivity contribution in [2.24, 2.45) is 0 Å². The van der Waals surface area contributed by atoms with E-state index in [4.69, 9.17) is 27.5 Å². The summed E-state index contributed by atoms with van der Waals surface area (Å²) in [6.07, 6.45) is 1.08. The predicted octanol–water partition coefficient (Wildman–Crippen LogP) is -0.707. The zero-order valence-electron chi connectivity index (χ0n) is 9.45. The molecule has 7 nitrogen and oxygen atoms in total. The van der Waals surface area contributed by atoms with Crippen molar-refractivity contribution in [3.8, 4) is 0 Å². The molecule has 0 saturated carbocycles. The Morgan fingerprint density at radius 3 is 2.33 bits per heavy atom. The van der Waals surface area contributed by atoms with Crippen molar-refractivity contribution < 1.29 is 18.6 Å². The Hall–Kier alpha value is -0.930. The third-order valence-corrected chi connectivity index (χ3v) is 4.35. The molecule has 0 fully saturated rings. The summed E-state index contributed by atoms with van der Waals surface area (Å²) in [6.45, 7) is -0.944. The van der Waals surface area contributed by atoms with Crippen LogP contribution in [-0.4, -0.2) is 54.2 Å². The Kier molecular flexibility index (Phi) is 5.29. The maximum absolute atomic E-state index is 12.1. The molecule has 0 radical (unpaired) electrons. The molecule has 0 bridgehead atoms. The van der Waals surface area contributed by atoms with Crippen LogP contribution in [0.1, 0.15) is 0 Å². The summed E-state index contributed by atoms with van der Waals surface area (Å²) in [7, 11) is -3.85.